The fourth-order valence-electron chi connectivity index (χ4n) is 0.321. The lowest BCUT2D eigenvalue weighted by Gasteiger charge is -2.02. The summed E-state index contributed by atoms with van der Waals surface area (Å²) in [5.41, 5.74) is 0. The minimum absolute atomic E-state index is 0. The second-order valence-electron chi connectivity index (χ2n) is 1.62. The molecule has 5 heteroatoms. The fourth-order valence-corrected chi connectivity index (χ4v) is 0.963. The zero-order valence-corrected chi connectivity index (χ0v) is 7.30. The highest BCUT2D eigenvalue weighted by Gasteiger charge is 1.90. The highest BCUT2D eigenvalue weighted by molar-refractivity contribution is 7.85. The monoisotopic (exact) mass is 172 g/mol. The van der Waals surface area contributed by atoms with Crippen molar-refractivity contribution < 1.29 is 13.0 Å². The van der Waals surface area contributed by atoms with Crippen LogP contribution in [-0.4, -0.2) is 18.7 Å². The second-order valence-corrected chi connectivity index (χ2v) is 3.14. The summed E-state index contributed by atoms with van der Waals surface area (Å²) in [4.78, 5) is 0. The third kappa shape index (κ3) is 11.7. The Balaban J connectivity index is 0. The van der Waals surface area contributed by atoms with Crippen LogP contribution in [0.4, 0.5) is 0 Å². The van der Waals surface area contributed by atoms with E-state index in [4.69, 9.17) is 0 Å². The maximum absolute atomic E-state index is 9.83. The molecule has 0 amide bonds. The van der Waals surface area contributed by atoms with Crippen LogP contribution in [0.5, 0.6) is 0 Å². The van der Waals surface area contributed by atoms with E-state index in [0.717, 1.165) is 6.42 Å². The Bertz CT molecular complexity index is 138. The molecule has 0 aliphatic rings. The molecule has 0 aliphatic heterocycles. The number of unbranched alkanes of at least 4 members (excludes halogenated alkanes) is 1. The van der Waals surface area contributed by atoms with E-state index in [0.29, 0.717) is 6.42 Å². The zero-order chi connectivity index (χ0) is 6.62. The molecule has 3 nitrogen and oxygen atoms in total. The molecule has 0 aromatic rings. The van der Waals surface area contributed by atoms with Gasteiger partial charge in [-0.2, -0.15) is 0 Å². The predicted molar refractivity (Wildman–Crippen MR) is 41.0 cm³/mol. The summed E-state index contributed by atoms with van der Waals surface area (Å²) in [5, 5.41) is 0. The topological polar surface area (TPSA) is 57.2 Å². The summed E-state index contributed by atoms with van der Waals surface area (Å²) in [7, 11) is -3.94. The lowest BCUT2D eigenvalue weighted by molar-refractivity contribution is 0.461. The number of rotatable bonds is 3. The van der Waals surface area contributed by atoms with E-state index in [1.165, 1.54) is 0 Å². The molecule has 0 aliphatic carbocycles. The lowest BCUT2D eigenvalue weighted by Crippen LogP contribution is -2.02. The summed E-state index contributed by atoms with van der Waals surface area (Å²) in [6.45, 7) is 1.84. The first-order chi connectivity index (χ1) is 3.56. The molecule has 0 radical (unpaired) electrons. The summed E-state index contributed by atoms with van der Waals surface area (Å²) >= 11 is 0. The average molecular weight is 172 g/mol. The van der Waals surface area contributed by atoms with E-state index in [2.05, 4.69) is 0 Å². The molecule has 0 spiro atoms. The van der Waals surface area contributed by atoms with Gasteiger partial charge in [-0.25, -0.2) is 8.42 Å². The van der Waals surface area contributed by atoms with Gasteiger partial charge in [-0.15, -0.1) is 0 Å². The van der Waals surface area contributed by atoms with Crippen molar-refractivity contribution in [3.8, 4) is 0 Å². The van der Waals surface area contributed by atoms with E-state index in [-0.39, 0.29) is 19.2 Å². The molecule has 0 saturated heterocycles. The molecule has 0 unspecified atom stereocenters. The molecule has 0 saturated carbocycles. The Morgan fingerprint density at radius 2 is 1.89 bits per heavy atom. The SMILES string of the molecule is CCCCS(=O)(=O)[O-].[SH3+]. The number of hydrogen-bond donors (Lipinski definition) is 0. The number of hydrogen-bond acceptors (Lipinski definition) is 3. The molecule has 58 valence electrons. The third-order valence-electron chi connectivity index (χ3n) is 0.748. The largest absolute Gasteiger partial charge is 0.748 e. The van der Waals surface area contributed by atoms with E-state index < -0.39 is 10.1 Å². The van der Waals surface area contributed by atoms with E-state index in [9.17, 15) is 13.0 Å². The predicted octanol–water partition coefficient (Wildman–Crippen LogP) is -0.474. The molecule has 0 heterocycles. The summed E-state index contributed by atoms with van der Waals surface area (Å²) in [6.07, 6.45) is 1.23. The van der Waals surface area contributed by atoms with E-state index in [1.54, 1.807) is 0 Å². The standard InChI is InChI=1S/C4H10O3S.H2S/c1-2-3-4-8(5,6)7;/h2-4H2,1H3,(H,5,6,7);1H2. The van der Waals surface area contributed by atoms with Gasteiger partial charge < -0.3 is 4.55 Å². The summed E-state index contributed by atoms with van der Waals surface area (Å²) in [5.74, 6) is -0.219. The Morgan fingerprint density at radius 1 is 1.44 bits per heavy atom. The molecular weight excluding hydrogens is 160 g/mol. The first kappa shape index (κ1) is 12.0. The average Bonchev–Trinajstić information content (AvgIpc) is 1.59. The van der Waals surface area contributed by atoms with Gasteiger partial charge in [0.25, 0.3) is 0 Å². The Labute approximate surface area is 62.7 Å². The van der Waals surface area contributed by atoms with Crippen molar-refractivity contribution in [2.24, 2.45) is 0 Å². The van der Waals surface area contributed by atoms with Crippen LogP contribution in [0.2, 0.25) is 0 Å². The quantitative estimate of drug-likeness (QED) is 0.427. The van der Waals surface area contributed by atoms with Gasteiger partial charge in [-0.1, -0.05) is 26.8 Å². The van der Waals surface area contributed by atoms with Crippen LogP contribution in [0.3, 0.4) is 0 Å². The van der Waals surface area contributed by atoms with Gasteiger partial charge in [0.2, 0.25) is 0 Å². The molecule has 0 bridgehead atoms. The van der Waals surface area contributed by atoms with Gasteiger partial charge >= 0.3 is 0 Å². The van der Waals surface area contributed by atoms with Crippen LogP contribution in [-0.2, 0) is 23.6 Å². The third-order valence-corrected chi connectivity index (χ3v) is 1.54. The van der Waals surface area contributed by atoms with Crippen LogP contribution in [0.15, 0.2) is 0 Å². The van der Waals surface area contributed by atoms with E-state index in [1.807, 2.05) is 6.92 Å². The van der Waals surface area contributed by atoms with Crippen LogP contribution in [0.25, 0.3) is 0 Å². The fraction of sp³-hybridized carbons (Fsp3) is 1.00. The van der Waals surface area contributed by atoms with Gasteiger partial charge in [0.1, 0.15) is 0 Å². The Morgan fingerprint density at radius 3 is 2.00 bits per heavy atom. The molecule has 9 heavy (non-hydrogen) atoms. The normalized spacial score (nSPS) is 10.4. The smallest absolute Gasteiger partial charge is 0.0945 e. The van der Waals surface area contributed by atoms with E-state index >= 15 is 0 Å². The van der Waals surface area contributed by atoms with Crippen molar-refractivity contribution in [2.45, 2.75) is 19.8 Å². The maximum Gasteiger partial charge on any atom is 0.0945 e. The Kier molecular flexibility index (Phi) is 6.76. The van der Waals surface area contributed by atoms with Crippen molar-refractivity contribution in [3.05, 3.63) is 0 Å². The minimum Gasteiger partial charge on any atom is -0.748 e. The highest BCUT2D eigenvalue weighted by Crippen LogP contribution is 1.90. The Hall–Kier alpha value is 0.260. The second kappa shape index (κ2) is 5.08. The molecule has 0 fully saturated rings. The van der Waals surface area contributed by atoms with Crippen molar-refractivity contribution in [2.75, 3.05) is 5.75 Å². The minimum atomic E-state index is -3.94. The molecule has 0 atom stereocenters. The zero-order valence-electron chi connectivity index (χ0n) is 5.33. The molecule has 0 N–H and O–H groups in total. The van der Waals surface area contributed by atoms with Crippen molar-refractivity contribution >= 4 is 23.6 Å². The maximum atomic E-state index is 9.83. The van der Waals surface area contributed by atoms with Crippen molar-refractivity contribution in [1.82, 2.24) is 0 Å². The lowest BCUT2D eigenvalue weighted by atomic mass is 10.4. The van der Waals surface area contributed by atoms with Crippen LogP contribution < -0.4 is 0 Å². The van der Waals surface area contributed by atoms with Gasteiger partial charge in [-0.3, -0.25) is 0 Å². The van der Waals surface area contributed by atoms with Gasteiger partial charge in [0.15, 0.2) is 0 Å². The summed E-state index contributed by atoms with van der Waals surface area (Å²) < 4.78 is 29.5. The van der Waals surface area contributed by atoms with Crippen LogP contribution >= 0.6 is 0 Å². The van der Waals surface area contributed by atoms with Crippen LogP contribution in [0, 0.1) is 0 Å². The van der Waals surface area contributed by atoms with Gasteiger partial charge in [0.05, 0.1) is 10.1 Å². The first-order valence-electron chi connectivity index (χ1n) is 2.50. The van der Waals surface area contributed by atoms with Crippen molar-refractivity contribution in [3.63, 3.8) is 0 Å². The first-order valence-corrected chi connectivity index (χ1v) is 4.07. The van der Waals surface area contributed by atoms with Gasteiger partial charge in [0, 0.05) is 5.75 Å². The molecule has 0 aromatic carbocycles. The molecule has 0 rings (SSSR count). The summed E-state index contributed by atoms with van der Waals surface area (Å²) in [6, 6.07) is 0. The highest BCUT2D eigenvalue weighted by atomic mass is 32.2. The van der Waals surface area contributed by atoms with Gasteiger partial charge in [-0.05, 0) is 6.42 Å². The molecular formula is C4H12O3S2. The van der Waals surface area contributed by atoms with Crippen LogP contribution in [0.1, 0.15) is 19.8 Å². The molecule has 0 aromatic heterocycles. The van der Waals surface area contributed by atoms with Crippen molar-refractivity contribution in [1.29, 1.82) is 0 Å².